The summed E-state index contributed by atoms with van der Waals surface area (Å²) in [7, 11) is 0. The fraction of sp³-hybridized carbons (Fsp3) is 0.500. The van der Waals surface area contributed by atoms with Crippen LogP contribution < -0.4 is 0 Å². The minimum atomic E-state index is 0.857. The Kier molecular flexibility index (Phi) is 5.77. The van der Waals surface area contributed by atoms with Crippen molar-refractivity contribution in [3.05, 3.63) is 29.6 Å². The SMILES string of the molecule is CCN(CC)C(=S)SCc1ccc(C)cn1. The lowest BCUT2D eigenvalue weighted by Gasteiger charge is -2.20. The largest absolute Gasteiger partial charge is 0.358 e. The first kappa shape index (κ1) is 13.5. The Morgan fingerprint density at radius 1 is 1.38 bits per heavy atom. The van der Waals surface area contributed by atoms with Crippen LogP contribution >= 0.6 is 24.0 Å². The van der Waals surface area contributed by atoms with Crippen molar-refractivity contribution in [3.63, 3.8) is 0 Å². The van der Waals surface area contributed by atoms with Gasteiger partial charge in [-0.2, -0.15) is 0 Å². The minimum absolute atomic E-state index is 0.857. The van der Waals surface area contributed by atoms with Crippen molar-refractivity contribution in [2.75, 3.05) is 13.1 Å². The Balaban J connectivity index is 2.45. The summed E-state index contributed by atoms with van der Waals surface area (Å²) in [4.78, 5) is 6.55. The molecule has 0 N–H and O–H groups in total. The normalized spacial score (nSPS) is 10.2. The van der Waals surface area contributed by atoms with Gasteiger partial charge in [-0.1, -0.05) is 30.0 Å². The van der Waals surface area contributed by atoms with Crippen LogP contribution in [0.5, 0.6) is 0 Å². The number of aryl methyl sites for hydroxylation is 1. The third kappa shape index (κ3) is 4.10. The van der Waals surface area contributed by atoms with E-state index in [0.29, 0.717) is 0 Å². The van der Waals surface area contributed by atoms with Crippen LogP contribution in [0.4, 0.5) is 0 Å². The predicted octanol–water partition coefficient (Wildman–Crippen LogP) is 3.25. The van der Waals surface area contributed by atoms with Gasteiger partial charge >= 0.3 is 0 Å². The number of rotatable bonds is 4. The molecular weight excluding hydrogens is 236 g/mol. The maximum atomic E-state index is 5.36. The van der Waals surface area contributed by atoms with Crippen LogP contribution in [0, 0.1) is 6.92 Å². The molecule has 0 fully saturated rings. The van der Waals surface area contributed by atoms with E-state index in [1.807, 2.05) is 13.1 Å². The molecule has 0 aliphatic carbocycles. The highest BCUT2D eigenvalue weighted by Crippen LogP contribution is 2.15. The predicted molar refractivity (Wildman–Crippen MR) is 75.8 cm³/mol. The lowest BCUT2D eigenvalue weighted by Crippen LogP contribution is -2.26. The summed E-state index contributed by atoms with van der Waals surface area (Å²) in [5.74, 6) is 0.857. The Labute approximate surface area is 107 Å². The quantitative estimate of drug-likeness (QED) is 0.766. The first-order chi connectivity index (χ1) is 7.67. The Hall–Kier alpha value is -0.610. The molecule has 0 aliphatic heterocycles. The van der Waals surface area contributed by atoms with Crippen molar-refractivity contribution >= 4 is 28.3 Å². The lowest BCUT2D eigenvalue weighted by molar-refractivity contribution is 0.482. The molecule has 0 radical (unpaired) electrons. The molecule has 0 bridgehead atoms. The minimum Gasteiger partial charge on any atom is -0.358 e. The molecule has 0 spiro atoms. The molecule has 0 aromatic carbocycles. The summed E-state index contributed by atoms with van der Waals surface area (Å²) < 4.78 is 0.965. The number of pyridine rings is 1. The second-order valence-corrected chi connectivity index (χ2v) is 5.16. The average molecular weight is 254 g/mol. The van der Waals surface area contributed by atoms with Crippen molar-refractivity contribution in [1.29, 1.82) is 0 Å². The molecule has 0 amide bonds. The number of hydrogen-bond acceptors (Lipinski definition) is 3. The molecule has 0 saturated heterocycles. The van der Waals surface area contributed by atoms with E-state index in [4.69, 9.17) is 12.2 Å². The topological polar surface area (TPSA) is 16.1 Å². The molecule has 0 atom stereocenters. The van der Waals surface area contributed by atoms with Crippen LogP contribution in [0.1, 0.15) is 25.1 Å². The Morgan fingerprint density at radius 2 is 2.06 bits per heavy atom. The molecule has 88 valence electrons. The maximum absolute atomic E-state index is 5.36. The van der Waals surface area contributed by atoms with Crippen molar-refractivity contribution < 1.29 is 0 Å². The molecule has 16 heavy (non-hydrogen) atoms. The molecule has 1 heterocycles. The van der Waals surface area contributed by atoms with Crippen LogP contribution in [0.25, 0.3) is 0 Å². The summed E-state index contributed by atoms with van der Waals surface area (Å²) in [6.07, 6.45) is 1.90. The molecule has 1 aromatic rings. The summed E-state index contributed by atoms with van der Waals surface area (Å²) in [5.41, 5.74) is 2.28. The van der Waals surface area contributed by atoms with Gasteiger partial charge < -0.3 is 4.90 Å². The highest BCUT2D eigenvalue weighted by molar-refractivity contribution is 8.22. The van der Waals surface area contributed by atoms with E-state index in [2.05, 4.69) is 35.9 Å². The number of nitrogens with zero attached hydrogens (tertiary/aromatic N) is 2. The monoisotopic (exact) mass is 254 g/mol. The number of thiocarbonyl (C=S) groups is 1. The zero-order valence-electron chi connectivity index (χ0n) is 10.1. The average Bonchev–Trinajstić information content (AvgIpc) is 2.30. The van der Waals surface area contributed by atoms with E-state index in [9.17, 15) is 0 Å². The third-order valence-corrected chi connectivity index (χ3v) is 3.89. The van der Waals surface area contributed by atoms with E-state index in [1.165, 1.54) is 5.56 Å². The van der Waals surface area contributed by atoms with E-state index in [-0.39, 0.29) is 0 Å². The van der Waals surface area contributed by atoms with E-state index in [1.54, 1.807) is 11.8 Å². The summed E-state index contributed by atoms with van der Waals surface area (Å²) in [5, 5.41) is 0. The van der Waals surface area contributed by atoms with Gasteiger partial charge in [0.2, 0.25) is 0 Å². The smallest absolute Gasteiger partial charge is 0.136 e. The van der Waals surface area contributed by atoms with Crippen LogP contribution in [0.3, 0.4) is 0 Å². The maximum Gasteiger partial charge on any atom is 0.136 e. The summed E-state index contributed by atoms with van der Waals surface area (Å²) in [6.45, 7) is 8.25. The number of aromatic nitrogens is 1. The van der Waals surface area contributed by atoms with Gasteiger partial charge in [0, 0.05) is 25.0 Å². The van der Waals surface area contributed by atoms with Crippen LogP contribution in [0.15, 0.2) is 18.3 Å². The van der Waals surface area contributed by atoms with Gasteiger partial charge in [0.1, 0.15) is 4.32 Å². The molecule has 1 aromatic heterocycles. The van der Waals surface area contributed by atoms with Gasteiger partial charge in [-0.25, -0.2) is 0 Å². The van der Waals surface area contributed by atoms with Gasteiger partial charge in [0.05, 0.1) is 5.69 Å². The second-order valence-electron chi connectivity index (χ2n) is 3.55. The van der Waals surface area contributed by atoms with Crippen molar-refractivity contribution in [2.45, 2.75) is 26.5 Å². The van der Waals surface area contributed by atoms with E-state index < -0.39 is 0 Å². The summed E-state index contributed by atoms with van der Waals surface area (Å²) in [6, 6.07) is 4.15. The van der Waals surface area contributed by atoms with Crippen molar-refractivity contribution in [2.24, 2.45) is 0 Å². The second kappa shape index (κ2) is 6.86. The molecule has 0 unspecified atom stereocenters. The Morgan fingerprint density at radius 3 is 2.56 bits per heavy atom. The highest BCUT2D eigenvalue weighted by atomic mass is 32.2. The van der Waals surface area contributed by atoms with Gasteiger partial charge in [-0.3, -0.25) is 4.98 Å². The van der Waals surface area contributed by atoms with Crippen molar-refractivity contribution in [1.82, 2.24) is 9.88 Å². The van der Waals surface area contributed by atoms with Crippen molar-refractivity contribution in [3.8, 4) is 0 Å². The number of hydrogen-bond donors (Lipinski definition) is 0. The van der Waals surface area contributed by atoms with Gasteiger partial charge in [-0.05, 0) is 32.4 Å². The zero-order valence-corrected chi connectivity index (χ0v) is 11.7. The first-order valence-electron chi connectivity index (χ1n) is 5.50. The zero-order chi connectivity index (χ0) is 12.0. The third-order valence-electron chi connectivity index (χ3n) is 2.34. The van der Waals surface area contributed by atoms with Crippen LogP contribution in [-0.4, -0.2) is 27.3 Å². The molecular formula is C12H18N2S2. The van der Waals surface area contributed by atoms with E-state index >= 15 is 0 Å². The van der Waals surface area contributed by atoms with E-state index in [0.717, 1.165) is 28.9 Å². The molecule has 0 aliphatic rings. The van der Waals surface area contributed by atoms with Gasteiger partial charge in [0.25, 0.3) is 0 Å². The number of thioether (sulfide) groups is 1. The first-order valence-corrected chi connectivity index (χ1v) is 6.90. The van der Waals surface area contributed by atoms with Crippen LogP contribution in [0.2, 0.25) is 0 Å². The summed E-state index contributed by atoms with van der Waals surface area (Å²) >= 11 is 7.05. The molecule has 4 heteroatoms. The lowest BCUT2D eigenvalue weighted by atomic mass is 10.3. The fourth-order valence-corrected chi connectivity index (χ4v) is 2.61. The fourth-order valence-electron chi connectivity index (χ4n) is 1.29. The van der Waals surface area contributed by atoms with Crippen LogP contribution in [-0.2, 0) is 5.75 Å². The van der Waals surface area contributed by atoms with Gasteiger partial charge in [0.15, 0.2) is 0 Å². The Bertz CT molecular complexity index is 331. The molecule has 2 nitrogen and oxygen atoms in total. The highest BCUT2D eigenvalue weighted by Gasteiger charge is 2.06. The molecule has 1 rings (SSSR count). The molecule has 0 saturated carbocycles. The van der Waals surface area contributed by atoms with Gasteiger partial charge in [-0.15, -0.1) is 0 Å². The standard InChI is InChI=1S/C12H18N2S2/c1-4-14(5-2)12(15)16-9-11-7-6-10(3)8-13-11/h6-8H,4-5,9H2,1-3H3.